The lowest BCUT2D eigenvalue weighted by Gasteiger charge is -2.21. The molecule has 2 amide bonds. The van der Waals surface area contributed by atoms with Crippen LogP contribution in [0.15, 0.2) is 18.2 Å². The van der Waals surface area contributed by atoms with Crippen molar-refractivity contribution in [3.63, 3.8) is 0 Å². The van der Waals surface area contributed by atoms with Gasteiger partial charge in [-0.05, 0) is 50.6 Å². The molecule has 4 N–H and O–H groups in total. The van der Waals surface area contributed by atoms with E-state index in [0.717, 1.165) is 31.5 Å². The van der Waals surface area contributed by atoms with Crippen molar-refractivity contribution in [1.82, 2.24) is 5.32 Å². The van der Waals surface area contributed by atoms with Gasteiger partial charge in [0.1, 0.15) is 0 Å². The molecule has 1 aromatic rings. The van der Waals surface area contributed by atoms with Gasteiger partial charge in [-0.2, -0.15) is 0 Å². The molecule has 1 saturated heterocycles. The number of nitrogens with one attached hydrogen (secondary N) is 2. The zero-order chi connectivity index (χ0) is 13.8. The Hall–Kier alpha value is -1.88. The highest BCUT2D eigenvalue weighted by Crippen LogP contribution is 2.18. The third-order valence-electron chi connectivity index (χ3n) is 3.48. The average Bonchev–Trinajstić information content (AvgIpc) is 2.41. The number of rotatable bonds is 3. The van der Waals surface area contributed by atoms with E-state index in [9.17, 15) is 9.59 Å². The second kappa shape index (κ2) is 5.84. The normalized spacial score (nSPS) is 16.1. The van der Waals surface area contributed by atoms with Crippen molar-refractivity contribution in [3.8, 4) is 0 Å². The number of aryl methyl sites for hydroxylation is 1. The predicted octanol–water partition coefficient (Wildman–Crippen LogP) is 1.03. The Morgan fingerprint density at radius 3 is 2.63 bits per heavy atom. The molecule has 0 aromatic heterocycles. The highest BCUT2D eigenvalue weighted by atomic mass is 16.2. The highest BCUT2D eigenvalue weighted by molar-refractivity contribution is 5.97. The molecule has 0 unspecified atom stereocenters. The minimum Gasteiger partial charge on any atom is -0.366 e. The number of piperidine rings is 1. The van der Waals surface area contributed by atoms with Crippen molar-refractivity contribution in [2.24, 2.45) is 11.7 Å². The van der Waals surface area contributed by atoms with E-state index in [-0.39, 0.29) is 11.8 Å². The summed E-state index contributed by atoms with van der Waals surface area (Å²) >= 11 is 0. The molecule has 2 rings (SSSR count). The summed E-state index contributed by atoms with van der Waals surface area (Å²) < 4.78 is 0. The lowest BCUT2D eigenvalue weighted by atomic mass is 9.97. The van der Waals surface area contributed by atoms with Gasteiger partial charge in [0, 0.05) is 17.2 Å². The van der Waals surface area contributed by atoms with Crippen molar-refractivity contribution in [3.05, 3.63) is 29.3 Å². The Morgan fingerprint density at radius 1 is 1.32 bits per heavy atom. The van der Waals surface area contributed by atoms with Gasteiger partial charge in [0.05, 0.1) is 0 Å². The highest BCUT2D eigenvalue weighted by Gasteiger charge is 2.21. The van der Waals surface area contributed by atoms with Gasteiger partial charge in [-0.25, -0.2) is 0 Å². The topological polar surface area (TPSA) is 84.2 Å². The first kappa shape index (κ1) is 13.5. The van der Waals surface area contributed by atoms with E-state index in [1.54, 1.807) is 18.2 Å². The Balaban J connectivity index is 2.08. The number of carbonyl (C=O) groups excluding carboxylic acids is 2. The van der Waals surface area contributed by atoms with Crippen molar-refractivity contribution >= 4 is 17.5 Å². The minimum absolute atomic E-state index is 0.0146. The molecule has 19 heavy (non-hydrogen) atoms. The molecule has 1 heterocycles. The van der Waals surface area contributed by atoms with Gasteiger partial charge in [0.15, 0.2) is 0 Å². The third-order valence-corrected chi connectivity index (χ3v) is 3.48. The Morgan fingerprint density at radius 2 is 2.00 bits per heavy atom. The maximum absolute atomic E-state index is 12.1. The number of hydrogen-bond donors (Lipinski definition) is 3. The van der Waals surface area contributed by atoms with Gasteiger partial charge in [-0.15, -0.1) is 0 Å². The van der Waals surface area contributed by atoms with Crippen LogP contribution in [0, 0.1) is 12.8 Å². The Kier molecular flexibility index (Phi) is 4.16. The molecule has 0 atom stereocenters. The number of amides is 2. The number of anilines is 1. The second-order valence-corrected chi connectivity index (χ2v) is 4.91. The van der Waals surface area contributed by atoms with E-state index in [0.29, 0.717) is 11.3 Å². The summed E-state index contributed by atoms with van der Waals surface area (Å²) in [5.41, 5.74) is 7.18. The summed E-state index contributed by atoms with van der Waals surface area (Å²) in [6.07, 6.45) is 1.70. The summed E-state index contributed by atoms with van der Waals surface area (Å²) in [6.45, 7) is 3.57. The minimum atomic E-state index is -0.476. The molecule has 0 bridgehead atoms. The summed E-state index contributed by atoms with van der Waals surface area (Å²) in [5.74, 6) is -0.421. The van der Waals surface area contributed by atoms with E-state index in [2.05, 4.69) is 10.6 Å². The zero-order valence-corrected chi connectivity index (χ0v) is 11.0. The molecule has 102 valence electrons. The first-order chi connectivity index (χ1) is 9.08. The fraction of sp³-hybridized carbons (Fsp3) is 0.429. The van der Waals surface area contributed by atoms with Crippen LogP contribution in [-0.2, 0) is 4.79 Å². The molecule has 1 aliphatic heterocycles. The van der Waals surface area contributed by atoms with Crippen LogP contribution >= 0.6 is 0 Å². The van der Waals surface area contributed by atoms with Gasteiger partial charge in [0.25, 0.3) is 0 Å². The number of benzene rings is 1. The van der Waals surface area contributed by atoms with Gasteiger partial charge in [0.2, 0.25) is 11.8 Å². The van der Waals surface area contributed by atoms with E-state index >= 15 is 0 Å². The first-order valence-electron chi connectivity index (χ1n) is 6.50. The van der Waals surface area contributed by atoms with Gasteiger partial charge in [-0.1, -0.05) is 6.07 Å². The van der Waals surface area contributed by atoms with Crippen LogP contribution in [0.1, 0.15) is 28.8 Å². The van der Waals surface area contributed by atoms with Gasteiger partial charge < -0.3 is 16.4 Å². The lowest BCUT2D eigenvalue weighted by molar-refractivity contribution is -0.120. The Labute approximate surface area is 112 Å². The first-order valence-corrected chi connectivity index (χ1v) is 6.50. The van der Waals surface area contributed by atoms with E-state index in [1.165, 1.54) is 0 Å². The van der Waals surface area contributed by atoms with Crippen molar-refractivity contribution < 1.29 is 9.59 Å². The monoisotopic (exact) mass is 261 g/mol. The van der Waals surface area contributed by atoms with Crippen LogP contribution in [0.25, 0.3) is 0 Å². The number of nitrogens with two attached hydrogens (primary N) is 1. The molecule has 0 spiro atoms. The maximum atomic E-state index is 12.1. The Bertz CT molecular complexity index is 493. The molecule has 1 aliphatic rings. The standard InChI is InChI=1S/C14H19N3O2/c1-9-2-3-11(8-12(9)13(15)18)17-14(19)10-4-6-16-7-5-10/h2-3,8,10,16H,4-7H2,1H3,(H2,15,18)(H,17,19). The third kappa shape index (κ3) is 3.32. The fourth-order valence-electron chi connectivity index (χ4n) is 2.29. The van der Waals surface area contributed by atoms with Gasteiger partial charge in [-0.3, -0.25) is 9.59 Å². The number of primary amides is 1. The van der Waals surface area contributed by atoms with Crippen LogP contribution in [0.3, 0.4) is 0 Å². The molecular weight excluding hydrogens is 242 g/mol. The van der Waals surface area contributed by atoms with E-state index in [1.807, 2.05) is 6.92 Å². The SMILES string of the molecule is Cc1ccc(NC(=O)C2CCNCC2)cc1C(N)=O. The van der Waals surface area contributed by atoms with Crippen molar-refractivity contribution in [2.75, 3.05) is 18.4 Å². The molecule has 5 nitrogen and oxygen atoms in total. The summed E-state index contributed by atoms with van der Waals surface area (Å²) in [5, 5.41) is 6.08. The molecular formula is C14H19N3O2. The largest absolute Gasteiger partial charge is 0.366 e. The lowest BCUT2D eigenvalue weighted by Crippen LogP contribution is -2.34. The van der Waals surface area contributed by atoms with Crippen molar-refractivity contribution in [2.45, 2.75) is 19.8 Å². The quantitative estimate of drug-likeness (QED) is 0.760. The van der Waals surface area contributed by atoms with E-state index < -0.39 is 5.91 Å². The van der Waals surface area contributed by atoms with Crippen LogP contribution in [0.5, 0.6) is 0 Å². The molecule has 0 radical (unpaired) electrons. The molecule has 0 saturated carbocycles. The van der Waals surface area contributed by atoms with Gasteiger partial charge >= 0.3 is 0 Å². The van der Waals surface area contributed by atoms with Crippen LogP contribution in [0.4, 0.5) is 5.69 Å². The predicted molar refractivity (Wildman–Crippen MR) is 73.9 cm³/mol. The average molecular weight is 261 g/mol. The second-order valence-electron chi connectivity index (χ2n) is 4.91. The number of hydrogen-bond acceptors (Lipinski definition) is 3. The summed E-state index contributed by atoms with van der Waals surface area (Å²) in [7, 11) is 0. The summed E-state index contributed by atoms with van der Waals surface area (Å²) in [6, 6.07) is 5.22. The smallest absolute Gasteiger partial charge is 0.249 e. The molecule has 1 fully saturated rings. The van der Waals surface area contributed by atoms with Crippen LogP contribution < -0.4 is 16.4 Å². The fourth-order valence-corrected chi connectivity index (χ4v) is 2.29. The summed E-state index contributed by atoms with van der Waals surface area (Å²) in [4.78, 5) is 23.3. The van der Waals surface area contributed by atoms with Crippen LogP contribution in [-0.4, -0.2) is 24.9 Å². The molecule has 1 aromatic carbocycles. The molecule has 5 heteroatoms. The maximum Gasteiger partial charge on any atom is 0.249 e. The van der Waals surface area contributed by atoms with Crippen molar-refractivity contribution in [1.29, 1.82) is 0 Å². The number of carbonyl (C=O) groups is 2. The van der Waals surface area contributed by atoms with E-state index in [4.69, 9.17) is 5.73 Å². The van der Waals surface area contributed by atoms with Crippen LogP contribution in [0.2, 0.25) is 0 Å². The zero-order valence-electron chi connectivity index (χ0n) is 11.0. The molecule has 0 aliphatic carbocycles.